The van der Waals surface area contributed by atoms with E-state index in [0.29, 0.717) is 0 Å². The smallest absolute Gasteiger partial charge is 0.0208 e. The number of hydrogen-bond acceptors (Lipinski definition) is 2. The van der Waals surface area contributed by atoms with Gasteiger partial charge >= 0.3 is 0 Å². The van der Waals surface area contributed by atoms with Crippen molar-refractivity contribution in [1.82, 2.24) is 5.32 Å². The van der Waals surface area contributed by atoms with E-state index in [9.17, 15) is 0 Å². The monoisotopic (exact) mass is 257 g/mol. The van der Waals surface area contributed by atoms with Crippen molar-refractivity contribution in [2.24, 2.45) is 0 Å². The second-order valence-electron chi connectivity index (χ2n) is 4.44. The van der Waals surface area contributed by atoms with Crippen molar-refractivity contribution in [3.63, 3.8) is 0 Å². The van der Waals surface area contributed by atoms with Crippen molar-refractivity contribution in [2.75, 3.05) is 6.26 Å². The molecule has 1 nitrogen and oxygen atoms in total. The van der Waals surface area contributed by atoms with Crippen LogP contribution in [0.4, 0.5) is 0 Å². The summed E-state index contributed by atoms with van der Waals surface area (Å²) >= 11 is 1.78. The third-order valence-corrected chi connectivity index (χ3v) is 3.68. The Hall–Kier alpha value is -1.25. The van der Waals surface area contributed by atoms with Gasteiger partial charge in [0.2, 0.25) is 0 Å². The topological polar surface area (TPSA) is 12.0 Å². The number of aryl methyl sites for hydroxylation is 1. The Morgan fingerprint density at radius 1 is 0.833 bits per heavy atom. The van der Waals surface area contributed by atoms with Crippen molar-refractivity contribution < 1.29 is 0 Å². The highest BCUT2D eigenvalue weighted by molar-refractivity contribution is 7.98. The van der Waals surface area contributed by atoms with Crippen molar-refractivity contribution in [2.45, 2.75) is 24.9 Å². The van der Waals surface area contributed by atoms with Crippen molar-refractivity contribution >= 4 is 11.8 Å². The Kier molecular flexibility index (Phi) is 4.85. The van der Waals surface area contributed by atoms with E-state index >= 15 is 0 Å². The van der Waals surface area contributed by atoms with Gasteiger partial charge in [-0.25, -0.2) is 0 Å². The maximum absolute atomic E-state index is 3.47. The van der Waals surface area contributed by atoms with Gasteiger partial charge in [0.05, 0.1) is 0 Å². The third-order valence-electron chi connectivity index (χ3n) is 2.94. The molecule has 0 saturated heterocycles. The molecule has 0 bridgehead atoms. The summed E-state index contributed by atoms with van der Waals surface area (Å²) in [5.74, 6) is 0. The molecule has 0 unspecified atom stereocenters. The molecule has 0 aliphatic rings. The number of hydrogen-bond donors (Lipinski definition) is 1. The van der Waals surface area contributed by atoms with Gasteiger partial charge in [0, 0.05) is 18.0 Å². The standard InChI is InChI=1S/C16H19NS/c1-13-3-5-14(6-4-13)11-17-12-15-7-9-16(18-2)10-8-15/h3-10,17H,11-12H2,1-2H3. The molecular formula is C16H19NS. The molecule has 2 rings (SSSR count). The number of rotatable bonds is 5. The van der Waals surface area contributed by atoms with Crippen LogP contribution in [0.5, 0.6) is 0 Å². The van der Waals surface area contributed by atoms with Gasteiger partial charge in [0.25, 0.3) is 0 Å². The zero-order valence-electron chi connectivity index (χ0n) is 10.9. The Morgan fingerprint density at radius 3 is 1.83 bits per heavy atom. The van der Waals surface area contributed by atoms with Gasteiger partial charge in [0.1, 0.15) is 0 Å². The summed E-state index contributed by atoms with van der Waals surface area (Å²) in [6.45, 7) is 3.96. The predicted octanol–water partition coefficient (Wildman–Crippen LogP) is 4.01. The fourth-order valence-electron chi connectivity index (χ4n) is 1.80. The molecule has 0 saturated carbocycles. The fourth-order valence-corrected chi connectivity index (χ4v) is 2.21. The molecule has 0 atom stereocenters. The first kappa shape index (κ1) is 13.2. The molecule has 2 aromatic carbocycles. The van der Waals surface area contributed by atoms with E-state index in [1.165, 1.54) is 21.6 Å². The maximum atomic E-state index is 3.47. The normalized spacial score (nSPS) is 10.6. The molecule has 0 aromatic heterocycles. The van der Waals surface area contributed by atoms with Gasteiger partial charge in [-0.3, -0.25) is 0 Å². The molecule has 0 radical (unpaired) electrons. The Balaban J connectivity index is 1.82. The van der Waals surface area contributed by atoms with Gasteiger partial charge in [-0.05, 0) is 36.4 Å². The van der Waals surface area contributed by atoms with Gasteiger partial charge in [-0.15, -0.1) is 11.8 Å². The fraction of sp³-hybridized carbons (Fsp3) is 0.250. The zero-order chi connectivity index (χ0) is 12.8. The van der Waals surface area contributed by atoms with Crippen LogP contribution in [-0.4, -0.2) is 6.26 Å². The summed E-state index contributed by atoms with van der Waals surface area (Å²) in [5.41, 5.74) is 3.98. The summed E-state index contributed by atoms with van der Waals surface area (Å²) < 4.78 is 0. The van der Waals surface area contributed by atoms with Gasteiger partial charge in [-0.1, -0.05) is 42.0 Å². The number of benzene rings is 2. The van der Waals surface area contributed by atoms with Crippen LogP contribution in [0.15, 0.2) is 53.4 Å². The minimum absolute atomic E-state index is 0.919. The maximum Gasteiger partial charge on any atom is 0.0208 e. The van der Waals surface area contributed by atoms with E-state index in [4.69, 9.17) is 0 Å². The lowest BCUT2D eigenvalue weighted by Crippen LogP contribution is -2.12. The molecule has 1 N–H and O–H groups in total. The summed E-state index contributed by atoms with van der Waals surface area (Å²) in [5, 5.41) is 3.47. The minimum atomic E-state index is 0.919. The van der Waals surface area contributed by atoms with Crippen LogP contribution >= 0.6 is 11.8 Å². The van der Waals surface area contributed by atoms with Crippen LogP contribution < -0.4 is 5.32 Å². The van der Waals surface area contributed by atoms with Crippen LogP contribution in [0.2, 0.25) is 0 Å². The highest BCUT2D eigenvalue weighted by atomic mass is 32.2. The van der Waals surface area contributed by atoms with E-state index in [1.54, 1.807) is 11.8 Å². The molecule has 0 spiro atoms. The largest absolute Gasteiger partial charge is 0.309 e. The summed E-state index contributed by atoms with van der Waals surface area (Å²) in [6.07, 6.45) is 2.10. The number of thioether (sulfide) groups is 1. The lowest BCUT2D eigenvalue weighted by Gasteiger charge is -2.06. The Labute approximate surface area is 114 Å². The van der Waals surface area contributed by atoms with Crippen molar-refractivity contribution in [1.29, 1.82) is 0 Å². The molecule has 0 aliphatic heterocycles. The lowest BCUT2D eigenvalue weighted by atomic mass is 10.1. The molecule has 94 valence electrons. The van der Waals surface area contributed by atoms with Crippen LogP contribution in [0.25, 0.3) is 0 Å². The molecular weight excluding hydrogens is 238 g/mol. The lowest BCUT2D eigenvalue weighted by molar-refractivity contribution is 0.693. The molecule has 0 amide bonds. The summed E-state index contributed by atoms with van der Waals surface area (Å²) in [4.78, 5) is 1.32. The zero-order valence-corrected chi connectivity index (χ0v) is 11.8. The average Bonchev–Trinajstić information content (AvgIpc) is 2.42. The van der Waals surface area contributed by atoms with Gasteiger partial charge in [0.15, 0.2) is 0 Å². The summed E-state index contributed by atoms with van der Waals surface area (Å²) in [6, 6.07) is 17.4. The molecule has 2 aromatic rings. The second-order valence-corrected chi connectivity index (χ2v) is 5.32. The van der Waals surface area contributed by atoms with Gasteiger partial charge < -0.3 is 5.32 Å². The van der Waals surface area contributed by atoms with Crippen LogP contribution in [0.3, 0.4) is 0 Å². The first-order chi connectivity index (χ1) is 8.78. The van der Waals surface area contributed by atoms with Crippen molar-refractivity contribution in [3.8, 4) is 0 Å². The van der Waals surface area contributed by atoms with E-state index in [1.807, 2.05) is 0 Å². The summed E-state index contributed by atoms with van der Waals surface area (Å²) in [7, 11) is 0. The number of nitrogens with one attached hydrogen (secondary N) is 1. The highest BCUT2D eigenvalue weighted by Crippen LogP contribution is 2.14. The Bertz CT molecular complexity index is 473. The molecule has 0 heterocycles. The quantitative estimate of drug-likeness (QED) is 0.812. The van der Waals surface area contributed by atoms with E-state index in [2.05, 4.69) is 67.0 Å². The van der Waals surface area contributed by atoms with E-state index in [-0.39, 0.29) is 0 Å². The molecule has 18 heavy (non-hydrogen) atoms. The van der Waals surface area contributed by atoms with Crippen molar-refractivity contribution in [3.05, 3.63) is 65.2 Å². The molecule has 2 heteroatoms. The van der Waals surface area contributed by atoms with E-state index < -0.39 is 0 Å². The first-order valence-electron chi connectivity index (χ1n) is 6.17. The molecule has 0 aliphatic carbocycles. The van der Waals surface area contributed by atoms with Crippen LogP contribution in [0.1, 0.15) is 16.7 Å². The SMILES string of the molecule is CSc1ccc(CNCc2ccc(C)cc2)cc1. The Morgan fingerprint density at radius 2 is 1.33 bits per heavy atom. The van der Waals surface area contributed by atoms with E-state index in [0.717, 1.165) is 13.1 Å². The predicted molar refractivity (Wildman–Crippen MR) is 79.9 cm³/mol. The van der Waals surface area contributed by atoms with Crippen LogP contribution in [0, 0.1) is 6.92 Å². The minimum Gasteiger partial charge on any atom is -0.309 e. The first-order valence-corrected chi connectivity index (χ1v) is 7.39. The third kappa shape index (κ3) is 3.90. The highest BCUT2D eigenvalue weighted by Gasteiger charge is 1.95. The van der Waals surface area contributed by atoms with Crippen LogP contribution in [-0.2, 0) is 13.1 Å². The average molecular weight is 257 g/mol. The van der Waals surface area contributed by atoms with Gasteiger partial charge in [-0.2, -0.15) is 0 Å². The molecule has 0 fully saturated rings. The second kappa shape index (κ2) is 6.62.